The Balaban J connectivity index is -0.000000347. The van der Waals surface area contributed by atoms with Crippen molar-refractivity contribution in [2.24, 2.45) is 0 Å². The first-order chi connectivity index (χ1) is 9.83. The fourth-order valence-corrected chi connectivity index (χ4v) is 3.90. The molecule has 0 atom stereocenters. The van der Waals surface area contributed by atoms with Gasteiger partial charge in [-0.2, -0.15) is 25.3 Å². The Kier molecular flexibility index (Phi) is 36.8. The summed E-state index contributed by atoms with van der Waals surface area (Å²) in [7, 11) is 0. The van der Waals surface area contributed by atoms with Crippen molar-refractivity contribution >= 4 is 25.3 Å². The van der Waals surface area contributed by atoms with Gasteiger partial charge in [0.15, 0.2) is 0 Å². The summed E-state index contributed by atoms with van der Waals surface area (Å²) >= 11 is 2.89. The quantitative estimate of drug-likeness (QED) is 0.160. The van der Waals surface area contributed by atoms with Crippen LogP contribution in [0.5, 0.6) is 0 Å². The van der Waals surface area contributed by atoms with Crippen molar-refractivity contribution in [2.75, 3.05) is 11.5 Å². The third-order valence-corrected chi connectivity index (χ3v) is 5.77. The number of unbranched alkanes of at least 4 members (excludes halogenated alkanes) is 6. The van der Waals surface area contributed by atoms with Gasteiger partial charge in [-0.3, -0.25) is 0 Å². The number of hydrogen-bond acceptors (Lipinski definition) is 1. The van der Waals surface area contributed by atoms with E-state index in [4.69, 9.17) is 0 Å². The third kappa shape index (κ3) is 33.6. The molecular weight excluding hydrogens is 387 g/mol. The molecule has 0 aromatic rings. The summed E-state index contributed by atoms with van der Waals surface area (Å²) in [6, 6.07) is 0. The molecule has 0 nitrogen and oxygen atoms in total. The van der Waals surface area contributed by atoms with E-state index in [0.29, 0.717) is 0 Å². The van der Waals surface area contributed by atoms with Crippen LogP contribution in [0.2, 0.25) is 9.79 Å². The van der Waals surface area contributed by atoms with Crippen molar-refractivity contribution in [2.45, 2.75) is 75.0 Å². The Morgan fingerprint density at radius 2 is 1.19 bits per heavy atom. The molecule has 3 heteroatoms. The SMILES string of the molecule is C=CCSCC=C.CCCCC[CH2][Pd][CH2]CCCCC.S. The molecule has 0 fully saturated rings. The van der Waals surface area contributed by atoms with Gasteiger partial charge in [0.1, 0.15) is 0 Å². The second-order valence-corrected chi connectivity index (χ2v) is 8.12. The molecule has 0 radical (unpaired) electrons. The Hall–Kier alpha value is 0.842. The molecule has 0 unspecified atom stereocenters. The van der Waals surface area contributed by atoms with Crippen molar-refractivity contribution in [3.8, 4) is 0 Å². The minimum atomic E-state index is 0. The molecule has 0 aromatic carbocycles. The van der Waals surface area contributed by atoms with Crippen molar-refractivity contribution in [3.63, 3.8) is 0 Å². The summed E-state index contributed by atoms with van der Waals surface area (Å²) < 4.78 is 0. The van der Waals surface area contributed by atoms with Gasteiger partial charge >= 0.3 is 93.0 Å². The number of hydrogen-bond donors (Lipinski definition) is 0. The maximum absolute atomic E-state index is 3.58. The first kappa shape index (κ1) is 26.7. The zero-order valence-electron chi connectivity index (χ0n) is 14.3. The van der Waals surface area contributed by atoms with E-state index in [2.05, 4.69) is 27.0 Å². The summed E-state index contributed by atoms with van der Waals surface area (Å²) in [5.74, 6) is 2.07. The largest absolute Gasteiger partial charge is 0.197 e. The van der Waals surface area contributed by atoms with Crippen LogP contribution in [-0.2, 0) is 18.0 Å². The second kappa shape index (κ2) is 28.9. The molecule has 0 aliphatic heterocycles. The molecule has 0 saturated heterocycles. The van der Waals surface area contributed by atoms with Gasteiger partial charge < -0.3 is 0 Å². The van der Waals surface area contributed by atoms with Gasteiger partial charge in [-0.25, -0.2) is 0 Å². The number of thioether (sulfide) groups is 1. The Morgan fingerprint density at radius 1 is 0.762 bits per heavy atom. The van der Waals surface area contributed by atoms with Crippen LogP contribution >= 0.6 is 25.3 Å². The van der Waals surface area contributed by atoms with E-state index >= 15 is 0 Å². The molecular formula is C18H38PdS2. The van der Waals surface area contributed by atoms with Crippen molar-refractivity contribution in [3.05, 3.63) is 25.3 Å². The minimum absolute atomic E-state index is 0. The maximum Gasteiger partial charge on any atom is -0.197 e. The summed E-state index contributed by atoms with van der Waals surface area (Å²) in [6.45, 7) is 11.7. The average Bonchev–Trinajstić information content (AvgIpc) is 2.47. The fraction of sp³-hybridized carbons (Fsp3) is 0.778. The Labute approximate surface area is 154 Å². The zero-order valence-corrected chi connectivity index (χ0v) is 17.6. The van der Waals surface area contributed by atoms with Crippen LogP contribution in [0.1, 0.15) is 65.2 Å². The molecule has 0 aliphatic rings. The first-order valence-electron chi connectivity index (χ1n) is 8.07. The van der Waals surface area contributed by atoms with Gasteiger partial charge in [-0.15, -0.1) is 13.2 Å². The molecule has 0 heterocycles. The van der Waals surface area contributed by atoms with Gasteiger partial charge in [-0.05, 0) is 0 Å². The molecule has 0 spiro atoms. The molecule has 0 aromatic heterocycles. The topological polar surface area (TPSA) is 0 Å². The fourth-order valence-electron chi connectivity index (χ4n) is 1.48. The average molecular weight is 425 g/mol. The summed E-state index contributed by atoms with van der Waals surface area (Å²) in [5.41, 5.74) is 0. The van der Waals surface area contributed by atoms with E-state index in [0.717, 1.165) is 29.5 Å². The maximum atomic E-state index is 3.58. The van der Waals surface area contributed by atoms with Crippen LogP contribution in [0, 0.1) is 0 Å². The molecule has 0 bridgehead atoms. The van der Waals surface area contributed by atoms with Crippen LogP contribution < -0.4 is 0 Å². The van der Waals surface area contributed by atoms with Crippen LogP contribution in [0.15, 0.2) is 25.3 Å². The van der Waals surface area contributed by atoms with E-state index in [1.165, 1.54) is 61.2 Å². The van der Waals surface area contributed by atoms with Gasteiger partial charge in [0.2, 0.25) is 0 Å². The van der Waals surface area contributed by atoms with E-state index in [1.54, 1.807) is 0 Å². The van der Waals surface area contributed by atoms with Gasteiger partial charge in [0.25, 0.3) is 0 Å². The van der Waals surface area contributed by atoms with Crippen molar-refractivity contribution in [1.82, 2.24) is 0 Å². The van der Waals surface area contributed by atoms with E-state index in [1.807, 2.05) is 23.9 Å². The van der Waals surface area contributed by atoms with Gasteiger partial charge in [0.05, 0.1) is 0 Å². The monoisotopic (exact) mass is 424 g/mol. The smallest absolute Gasteiger partial charge is 0.197 e. The molecule has 0 amide bonds. The molecule has 0 saturated carbocycles. The van der Waals surface area contributed by atoms with Crippen LogP contribution in [0.4, 0.5) is 0 Å². The molecule has 0 aliphatic carbocycles. The predicted octanol–water partition coefficient (Wildman–Crippen LogP) is 7.27. The minimum Gasteiger partial charge on any atom is -0.197 e. The molecule has 0 rings (SSSR count). The van der Waals surface area contributed by atoms with E-state index in [9.17, 15) is 0 Å². The molecule has 0 N–H and O–H groups in total. The Bertz CT molecular complexity index is 166. The third-order valence-electron chi connectivity index (χ3n) is 2.63. The Morgan fingerprint density at radius 3 is 1.52 bits per heavy atom. The number of rotatable bonds is 14. The van der Waals surface area contributed by atoms with Crippen LogP contribution in [-0.4, -0.2) is 11.5 Å². The van der Waals surface area contributed by atoms with Crippen LogP contribution in [0.25, 0.3) is 0 Å². The van der Waals surface area contributed by atoms with Crippen molar-refractivity contribution in [1.29, 1.82) is 0 Å². The zero-order chi connectivity index (χ0) is 15.3. The van der Waals surface area contributed by atoms with E-state index in [-0.39, 0.29) is 13.5 Å². The van der Waals surface area contributed by atoms with Gasteiger partial charge in [-0.1, -0.05) is 12.2 Å². The first-order valence-corrected chi connectivity index (χ1v) is 11.4. The van der Waals surface area contributed by atoms with E-state index < -0.39 is 0 Å². The predicted molar refractivity (Wildman–Crippen MR) is 106 cm³/mol. The normalized spacial score (nSPS) is 9.43. The molecule has 132 valence electrons. The van der Waals surface area contributed by atoms with Crippen molar-refractivity contribution < 1.29 is 18.0 Å². The van der Waals surface area contributed by atoms with Crippen LogP contribution in [0.3, 0.4) is 0 Å². The summed E-state index contributed by atoms with van der Waals surface area (Å²) in [4.78, 5) is 3.06. The van der Waals surface area contributed by atoms with Gasteiger partial charge in [0, 0.05) is 11.5 Å². The second-order valence-electron chi connectivity index (χ2n) is 4.71. The standard InChI is InChI=1S/C6H10S.2C6H13.Pd.H2S/c1-3-5-7-6-4-2;2*1-3-5-6-4-2;;/h3-4H,1-2,5-6H2;2*1,3-6H2,2H3;;1H2. The summed E-state index contributed by atoms with van der Waals surface area (Å²) in [5, 5.41) is 0. The summed E-state index contributed by atoms with van der Waals surface area (Å²) in [6.07, 6.45) is 15.4. The molecule has 21 heavy (non-hydrogen) atoms.